The Morgan fingerprint density at radius 1 is 1.41 bits per heavy atom. The van der Waals surface area contributed by atoms with Crippen molar-refractivity contribution in [3.8, 4) is 0 Å². The molecule has 1 aliphatic carbocycles. The molecular formula is C12H20N4O. The van der Waals surface area contributed by atoms with Gasteiger partial charge in [-0.1, -0.05) is 12.8 Å². The fourth-order valence-corrected chi connectivity index (χ4v) is 2.37. The van der Waals surface area contributed by atoms with Crippen LogP contribution in [0.15, 0.2) is 12.3 Å². The minimum Gasteiger partial charge on any atom is -0.396 e. The minimum atomic E-state index is 0.252. The third-order valence-electron chi connectivity index (χ3n) is 3.36. The fourth-order valence-electron chi connectivity index (χ4n) is 2.37. The van der Waals surface area contributed by atoms with Crippen LogP contribution in [0.5, 0.6) is 0 Å². The largest absolute Gasteiger partial charge is 0.396 e. The molecule has 1 aromatic rings. The Hall–Kier alpha value is -1.36. The summed E-state index contributed by atoms with van der Waals surface area (Å²) in [5, 5.41) is 15.7. The van der Waals surface area contributed by atoms with E-state index < -0.39 is 0 Å². The molecule has 0 bridgehead atoms. The van der Waals surface area contributed by atoms with Crippen LogP contribution in [0.4, 0.5) is 11.8 Å². The number of nitrogens with one attached hydrogen (secondary N) is 2. The van der Waals surface area contributed by atoms with Crippen LogP contribution in [-0.4, -0.2) is 34.8 Å². The summed E-state index contributed by atoms with van der Waals surface area (Å²) < 4.78 is 0. The number of aliphatic hydroxyl groups is 1. The fraction of sp³-hybridized carbons (Fsp3) is 0.667. The number of hydrogen-bond donors (Lipinski definition) is 3. The van der Waals surface area contributed by atoms with Gasteiger partial charge in [0.15, 0.2) is 0 Å². The van der Waals surface area contributed by atoms with Crippen LogP contribution in [-0.2, 0) is 0 Å². The van der Waals surface area contributed by atoms with E-state index in [0.717, 1.165) is 18.7 Å². The Balaban J connectivity index is 2.02. The zero-order valence-electron chi connectivity index (χ0n) is 10.2. The maximum atomic E-state index is 9.36. The number of rotatable bonds is 4. The van der Waals surface area contributed by atoms with E-state index in [1.807, 2.05) is 6.07 Å². The number of hydrogen-bond acceptors (Lipinski definition) is 5. The molecule has 0 aliphatic heterocycles. The Morgan fingerprint density at radius 2 is 2.24 bits per heavy atom. The van der Waals surface area contributed by atoms with E-state index in [1.165, 1.54) is 12.8 Å². The molecule has 17 heavy (non-hydrogen) atoms. The van der Waals surface area contributed by atoms with Gasteiger partial charge in [0, 0.05) is 31.8 Å². The summed E-state index contributed by atoms with van der Waals surface area (Å²) in [7, 11) is 1.80. The highest BCUT2D eigenvalue weighted by atomic mass is 16.3. The van der Waals surface area contributed by atoms with Crippen LogP contribution < -0.4 is 10.6 Å². The lowest BCUT2D eigenvalue weighted by Gasteiger charge is -2.31. The first kappa shape index (κ1) is 12.1. The third-order valence-corrected chi connectivity index (χ3v) is 3.36. The second-order valence-corrected chi connectivity index (χ2v) is 4.49. The molecule has 0 spiro atoms. The second kappa shape index (κ2) is 5.82. The number of anilines is 2. The van der Waals surface area contributed by atoms with Gasteiger partial charge in [-0.25, -0.2) is 4.98 Å². The average molecular weight is 236 g/mol. The molecule has 2 rings (SSSR count). The van der Waals surface area contributed by atoms with Gasteiger partial charge in [-0.05, 0) is 18.9 Å². The molecule has 5 nitrogen and oxygen atoms in total. The van der Waals surface area contributed by atoms with Crippen molar-refractivity contribution in [2.75, 3.05) is 24.3 Å². The van der Waals surface area contributed by atoms with Crippen molar-refractivity contribution in [1.29, 1.82) is 0 Å². The maximum absolute atomic E-state index is 9.36. The van der Waals surface area contributed by atoms with Crippen molar-refractivity contribution in [3.63, 3.8) is 0 Å². The lowest BCUT2D eigenvalue weighted by Crippen LogP contribution is -2.34. The highest BCUT2D eigenvalue weighted by molar-refractivity contribution is 5.40. The van der Waals surface area contributed by atoms with Gasteiger partial charge in [-0.2, -0.15) is 4.98 Å². The van der Waals surface area contributed by atoms with Gasteiger partial charge in [-0.3, -0.25) is 0 Å². The van der Waals surface area contributed by atoms with E-state index in [9.17, 15) is 5.11 Å². The molecule has 1 aromatic heterocycles. The van der Waals surface area contributed by atoms with Crippen LogP contribution in [0.3, 0.4) is 0 Å². The Bertz CT molecular complexity index is 358. The monoisotopic (exact) mass is 236 g/mol. The van der Waals surface area contributed by atoms with E-state index in [4.69, 9.17) is 0 Å². The van der Waals surface area contributed by atoms with Crippen molar-refractivity contribution in [1.82, 2.24) is 9.97 Å². The zero-order valence-corrected chi connectivity index (χ0v) is 10.2. The molecular weight excluding hydrogens is 216 g/mol. The molecule has 0 saturated heterocycles. The van der Waals surface area contributed by atoms with Crippen molar-refractivity contribution in [3.05, 3.63) is 12.3 Å². The molecule has 0 amide bonds. The molecule has 0 aromatic carbocycles. The predicted molar refractivity (Wildman–Crippen MR) is 68.0 cm³/mol. The third kappa shape index (κ3) is 3.06. The highest BCUT2D eigenvalue weighted by Gasteiger charge is 2.24. The lowest BCUT2D eigenvalue weighted by molar-refractivity contribution is 0.178. The first-order valence-electron chi connectivity index (χ1n) is 6.21. The summed E-state index contributed by atoms with van der Waals surface area (Å²) in [6.45, 7) is 0.252. The Kier molecular flexibility index (Phi) is 4.14. The quantitative estimate of drug-likeness (QED) is 0.738. The molecule has 2 unspecified atom stereocenters. The minimum absolute atomic E-state index is 0.252. The second-order valence-electron chi connectivity index (χ2n) is 4.49. The maximum Gasteiger partial charge on any atom is 0.224 e. The molecule has 3 N–H and O–H groups in total. The van der Waals surface area contributed by atoms with Crippen LogP contribution in [0, 0.1) is 5.92 Å². The van der Waals surface area contributed by atoms with Gasteiger partial charge in [0.1, 0.15) is 5.82 Å². The molecule has 5 heteroatoms. The summed E-state index contributed by atoms with van der Waals surface area (Å²) in [5.74, 6) is 1.79. The standard InChI is InChI=1S/C12H20N4O/c1-13-12-14-7-6-11(16-12)15-10-5-3-2-4-9(10)8-17/h6-7,9-10,17H,2-5,8H2,1H3,(H2,13,14,15,16). The first-order valence-corrected chi connectivity index (χ1v) is 6.21. The Morgan fingerprint density at radius 3 is 3.00 bits per heavy atom. The molecule has 1 fully saturated rings. The number of nitrogens with zero attached hydrogens (tertiary/aromatic N) is 2. The topological polar surface area (TPSA) is 70.1 Å². The number of aromatic nitrogens is 2. The van der Waals surface area contributed by atoms with Crippen molar-refractivity contribution >= 4 is 11.8 Å². The van der Waals surface area contributed by atoms with E-state index in [-0.39, 0.29) is 6.61 Å². The van der Waals surface area contributed by atoms with Gasteiger partial charge in [0.05, 0.1) is 0 Å². The molecule has 0 radical (unpaired) electrons. The highest BCUT2D eigenvalue weighted by Crippen LogP contribution is 2.26. The summed E-state index contributed by atoms with van der Waals surface area (Å²) in [4.78, 5) is 8.42. The first-order chi connectivity index (χ1) is 8.33. The van der Waals surface area contributed by atoms with Crippen LogP contribution in [0.1, 0.15) is 25.7 Å². The smallest absolute Gasteiger partial charge is 0.224 e. The zero-order chi connectivity index (χ0) is 12.1. The average Bonchev–Trinajstić information content (AvgIpc) is 2.39. The van der Waals surface area contributed by atoms with Gasteiger partial charge < -0.3 is 15.7 Å². The molecule has 1 aliphatic rings. The van der Waals surface area contributed by atoms with Crippen LogP contribution >= 0.6 is 0 Å². The molecule has 2 atom stereocenters. The summed E-state index contributed by atoms with van der Waals surface area (Å²) in [6, 6.07) is 2.19. The van der Waals surface area contributed by atoms with E-state index in [1.54, 1.807) is 13.2 Å². The van der Waals surface area contributed by atoms with Gasteiger partial charge in [0.2, 0.25) is 5.95 Å². The SMILES string of the molecule is CNc1nccc(NC2CCCCC2CO)n1. The summed E-state index contributed by atoms with van der Waals surface area (Å²) >= 11 is 0. The lowest BCUT2D eigenvalue weighted by atomic mass is 9.85. The van der Waals surface area contributed by atoms with Gasteiger partial charge in [0.25, 0.3) is 0 Å². The van der Waals surface area contributed by atoms with E-state index in [2.05, 4.69) is 20.6 Å². The predicted octanol–water partition coefficient (Wildman–Crippen LogP) is 1.48. The van der Waals surface area contributed by atoms with Crippen molar-refractivity contribution < 1.29 is 5.11 Å². The van der Waals surface area contributed by atoms with Crippen LogP contribution in [0.25, 0.3) is 0 Å². The van der Waals surface area contributed by atoms with Crippen LogP contribution in [0.2, 0.25) is 0 Å². The molecule has 94 valence electrons. The molecule has 1 heterocycles. The summed E-state index contributed by atoms with van der Waals surface area (Å²) in [5.41, 5.74) is 0. The van der Waals surface area contributed by atoms with Gasteiger partial charge >= 0.3 is 0 Å². The van der Waals surface area contributed by atoms with Crippen molar-refractivity contribution in [2.45, 2.75) is 31.7 Å². The van der Waals surface area contributed by atoms with E-state index >= 15 is 0 Å². The summed E-state index contributed by atoms with van der Waals surface area (Å²) in [6.07, 6.45) is 6.37. The molecule has 1 saturated carbocycles. The van der Waals surface area contributed by atoms with Crippen molar-refractivity contribution in [2.24, 2.45) is 5.92 Å². The number of aliphatic hydroxyl groups excluding tert-OH is 1. The Labute approximate surface area is 102 Å². The van der Waals surface area contributed by atoms with Gasteiger partial charge in [-0.15, -0.1) is 0 Å². The normalized spacial score (nSPS) is 24.4. The van der Waals surface area contributed by atoms with E-state index in [0.29, 0.717) is 17.9 Å².